The number of benzene rings is 6. The number of allylic oxidation sites excluding steroid dienone is 2. The molecule has 2 unspecified atom stereocenters. The Morgan fingerprint density at radius 1 is 0.562 bits per heavy atom. The molecule has 0 radical (unpaired) electrons. The summed E-state index contributed by atoms with van der Waals surface area (Å²) in [6, 6.07) is 38.3. The molecule has 0 bridgehead atoms. The van der Waals surface area contributed by atoms with Gasteiger partial charge < -0.3 is 25.7 Å². The second kappa shape index (κ2) is 18.8. The number of aliphatic hydroxyl groups is 1. The lowest BCUT2D eigenvalue weighted by atomic mass is 9.65. The summed E-state index contributed by atoms with van der Waals surface area (Å²) in [5, 5.41) is 28.7. The summed E-state index contributed by atoms with van der Waals surface area (Å²) < 4.78 is 0. The van der Waals surface area contributed by atoms with Crippen LogP contribution in [-0.4, -0.2) is 24.9 Å². The number of carbonyl (C=O) groups excluding carboxylic acids is 1. The van der Waals surface area contributed by atoms with E-state index >= 15 is 0 Å². The van der Waals surface area contributed by atoms with Crippen molar-refractivity contribution in [2.45, 2.75) is 106 Å². The van der Waals surface area contributed by atoms with Crippen molar-refractivity contribution in [3.8, 4) is 0 Å². The van der Waals surface area contributed by atoms with Gasteiger partial charge in [0, 0.05) is 38.6 Å². The van der Waals surface area contributed by atoms with Crippen LogP contribution in [0.3, 0.4) is 0 Å². The van der Waals surface area contributed by atoms with Gasteiger partial charge in [0.15, 0.2) is 0 Å². The van der Waals surface area contributed by atoms with E-state index in [-0.39, 0.29) is 25.5 Å². The zero-order chi connectivity index (χ0) is 44.5. The van der Waals surface area contributed by atoms with Gasteiger partial charge in [-0.2, -0.15) is 0 Å². The Bertz CT molecular complexity index is 2850. The van der Waals surface area contributed by atoms with E-state index in [0.29, 0.717) is 27.8 Å². The van der Waals surface area contributed by atoms with Crippen LogP contribution in [0.4, 0.5) is 17.1 Å². The summed E-state index contributed by atoms with van der Waals surface area (Å²) in [4.78, 5) is 19.9. The van der Waals surface area contributed by atoms with Gasteiger partial charge >= 0.3 is 14.0 Å². The lowest BCUT2D eigenvalue weighted by Gasteiger charge is -2.31. The van der Waals surface area contributed by atoms with Crippen molar-refractivity contribution in [1.82, 2.24) is 0 Å². The number of aliphatic hydroxyl groups excluding tert-OH is 1. The maximum atomic E-state index is 14.6. The minimum atomic E-state index is -0.334. The summed E-state index contributed by atoms with van der Waals surface area (Å²) in [6.45, 7) is 13.4. The summed E-state index contributed by atoms with van der Waals surface area (Å²) in [5.74, 6) is 2.80. The van der Waals surface area contributed by atoms with Crippen molar-refractivity contribution >= 4 is 80.4 Å². The van der Waals surface area contributed by atoms with E-state index in [0.717, 1.165) is 85.5 Å². The Morgan fingerprint density at radius 3 is 1.72 bits per heavy atom. The molecule has 6 nitrogen and oxygen atoms in total. The maximum absolute atomic E-state index is 14.6. The lowest BCUT2D eigenvalue weighted by Crippen LogP contribution is -2.48. The van der Waals surface area contributed by atoms with Gasteiger partial charge in [0.05, 0.1) is 16.5 Å². The number of anilines is 3. The average molecular weight is 847 g/mol. The molecule has 0 spiro atoms. The van der Waals surface area contributed by atoms with Crippen LogP contribution in [-0.2, 0) is 17.6 Å². The molecule has 2 aliphatic heterocycles. The molecule has 0 fully saturated rings. The number of carbonyl (C=O) groups is 1. The topological polar surface area (TPSA) is 85.8 Å². The third kappa shape index (κ3) is 8.98. The highest BCUT2D eigenvalue weighted by atomic mass is 16.3. The smallest absolute Gasteiger partial charge is 0.427 e. The van der Waals surface area contributed by atoms with Crippen LogP contribution in [0.1, 0.15) is 110 Å². The van der Waals surface area contributed by atoms with Crippen LogP contribution in [0.25, 0.3) is 32.7 Å². The molecule has 1 aliphatic carbocycles. The van der Waals surface area contributed by atoms with Crippen LogP contribution in [0.2, 0.25) is 0 Å². The van der Waals surface area contributed by atoms with E-state index in [4.69, 9.17) is 4.90 Å². The predicted octanol–water partition coefficient (Wildman–Crippen LogP) is 11.2. The Labute approximate surface area is 381 Å². The highest BCUT2D eigenvalue weighted by Gasteiger charge is 2.39. The molecule has 6 aromatic rings. The van der Waals surface area contributed by atoms with Crippen LogP contribution < -0.4 is 37.2 Å². The normalized spacial score (nSPS) is 16.2. The average Bonchev–Trinajstić information content (AvgIpc) is 3.29. The third-order valence-electron chi connectivity index (χ3n) is 14.1. The first-order valence-corrected chi connectivity index (χ1v) is 24.2. The second-order valence-corrected chi connectivity index (χ2v) is 20.0. The Morgan fingerprint density at radius 2 is 1.12 bits per heavy atom. The van der Waals surface area contributed by atoms with Gasteiger partial charge in [0.1, 0.15) is 5.76 Å². The Hall–Kier alpha value is -5.75. The molecule has 326 valence electrons. The van der Waals surface area contributed by atoms with Crippen molar-refractivity contribution in [3.63, 3.8) is 0 Å². The number of hydrogen-bond donors (Lipinski definition) is 4. The molecule has 4 N–H and O–H groups in total. The first kappa shape index (κ1) is 43.5. The monoisotopic (exact) mass is 847 g/mol. The van der Waals surface area contributed by atoms with Gasteiger partial charge in [-0.25, -0.2) is 0 Å². The molecule has 2 heterocycles. The number of aryl methyl sites for hydroxylation is 2. The fraction of sp³-hybridized carbons (Fsp3) is 0.357. The van der Waals surface area contributed by atoms with Gasteiger partial charge in [-0.1, -0.05) is 177 Å². The number of rotatable bonds is 17. The van der Waals surface area contributed by atoms with E-state index in [9.17, 15) is 9.90 Å². The molecule has 64 heavy (non-hydrogen) atoms. The molecular formula is C56H64B2N4O2. The van der Waals surface area contributed by atoms with Gasteiger partial charge in [-0.05, 0) is 94.3 Å². The molecule has 3 aliphatic rings. The largest absolute Gasteiger partial charge is 0.506 e. The maximum Gasteiger partial charge on any atom is 0.427 e. The zero-order valence-corrected chi connectivity index (χ0v) is 38.7. The first-order chi connectivity index (χ1) is 31.0. The molecule has 0 saturated heterocycles. The minimum Gasteiger partial charge on any atom is -0.506 e. The molecule has 8 heteroatoms. The van der Waals surface area contributed by atoms with Crippen LogP contribution in [0, 0.1) is 23.7 Å². The Balaban J connectivity index is 0.998. The minimum absolute atomic E-state index is 0.0129. The van der Waals surface area contributed by atoms with E-state index in [1.807, 2.05) is 24.3 Å². The lowest BCUT2D eigenvalue weighted by molar-refractivity contribution is -0.109. The number of nitrogens with zero attached hydrogens (tertiary/aromatic N) is 1. The Kier molecular flexibility index (Phi) is 12.8. The van der Waals surface area contributed by atoms with E-state index in [2.05, 4.69) is 142 Å². The second-order valence-electron chi connectivity index (χ2n) is 20.0. The van der Waals surface area contributed by atoms with Gasteiger partial charge in [0.2, 0.25) is 5.78 Å². The van der Waals surface area contributed by atoms with Gasteiger partial charge in [0.25, 0.3) is 0 Å². The van der Waals surface area contributed by atoms with Crippen LogP contribution >= 0.6 is 0 Å². The van der Waals surface area contributed by atoms with Gasteiger partial charge in [-0.15, -0.1) is 0 Å². The molecule has 9 rings (SSSR count). The fourth-order valence-corrected chi connectivity index (χ4v) is 10.2. The van der Waals surface area contributed by atoms with Crippen molar-refractivity contribution in [2.75, 3.05) is 15.7 Å². The molecule has 6 aromatic carbocycles. The standard InChI is InChI=1S/C56H64B2N4O2/c1-35(2)11-7-13-37(5)19-21-39-23-29-43(30-24-39)57-59-47-17-9-15-41-27-33-45(53(61-57)49(41)47)51-55(63)52(56(51)64)46-34-28-42-16-10-18-48-50(42)54(46)62-58(60-48)44-31-25-40(26-32-44)22-20-38(6)14-8-12-36(3)4/h9-10,15-18,23-38,59-61,63H,7-8,11-14,19-22H2,1-6H3/b52-46+. The highest BCUT2D eigenvalue weighted by Crippen LogP contribution is 2.45. The van der Waals surface area contributed by atoms with Crippen LogP contribution in [0.5, 0.6) is 0 Å². The van der Waals surface area contributed by atoms with Gasteiger partial charge in [-0.3, -0.25) is 4.79 Å². The third-order valence-corrected chi connectivity index (χ3v) is 14.1. The zero-order valence-electron chi connectivity index (χ0n) is 38.7. The number of Topliss-reactive ketones (excluding diaryl/α,β-unsaturated/α-hetero) is 1. The summed E-state index contributed by atoms with van der Waals surface area (Å²) in [7, 11) is 0. The molecule has 2 atom stereocenters. The van der Waals surface area contributed by atoms with Crippen molar-refractivity contribution in [1.29, 1.82) is 0 Å². The summed E-state index contributed by atoms with van der Waals surface area (Å²) in [6.07, 6.45) is 12.3. The fourth-order valence-electron chi connectivity index (χ4n) is 10.2. The van der Waals surface area contributed by atoms with E-state index in [1.165, 1.54) is 62.5 Å². The van der Waals surface area contributed by atoms with E-state index < -0.39 is 0 Å². The van der Waals surface area contributed by atoms with Crippen molar-refractivity contribution < 1.29 is 9.90 Å². The SMILES string of the molecule is CC(C)CCCC(C)CCc1ccc(B2N=c3/c(=C4/C(=O)C(c5ccc6cccc7c6c5NB(c5ccc(CCC(C)CCCC(C)C)cc5)N7)=C4O)ccc4cccc(c34)N2)cc1. The molecular weight excluding hydrogens is 782 g/mol. The number of nitrogens with one attached hydrogen (secondary N) is 3. The van der Waals surface area contributed by atoms with Crippen LogP contribution in [0.15, 0.2) is 120 Å². The van der Waals surface area contributed by atoms with E-state index in [1.54, 1.807) is 0 Å². The summed E-state index contributed by atoms with van der Waals surface area (Å²) in [5.41, 5.74) is 9.06. The number of hydrogen-bond acceptors (Lipinski definition) is 6. The molecule has 0 aromatic heterocycles. The quantitative estimate of drug-likeness (QED) is 0.0687. The molecule has 0 saturated carbocycles. The molecule has 0 amide bonds. The highest BCUT2D eigenvalue weighted by molar-refractivity contribution is 6.80. The number of ketones is 1. The summed E-state index contributed by atoms with van der Waals surface area (Å²) >= 11 is 0. The first-order valence-electron chi connectivity index (χ1n) is 24.2. The predicted molar refractivity (Wildman–Crippen MR) is 274 cm³/mol. The van der Waals surface area contributed by atoms with Crippen molar-refractivity contribution in [2.24, 2.45) is 28.6 Å². The van der Waals surface area contributed by atoms with Crippen molar-refractivity contribution in [3.05, 3.63) is 142 Å².